The third-order valence-electron chi connectivity index (χ3n) is 5.31. The number of carboxylic acid groups (broad SMARTS) is 1. The maximum Gasteiger partial charge on any atom is 0.407 e. The highest BCUT2D eigenvalue weighted by molar-refractivity contribution is 5.87. The number of rotatable bonds is 7. The fourth-order valence-corrected chi connectivity index (χ4v) is 3.46. The molecule has 0 spiro atoms. The molecule has 0 saturated heterocycles. The molecule has 7 nitrogen and oxygen atoms in total. The highest BCUT2D eigenvalue weighted by Crippen LogP contribution is 2.44. The van der Waals surface area contributed by atoms with Gasteiger partial charge in [-0.3, -0.25) is 4.79 Å². The van der Waals surface area contributed by atoms with Gasteiger partial charge in [-0.25, -0.2) is 9.59 Å². The second kappa shape index (κ2) is 8.57. The molecular formula is C23H26N2O5. The Hall–Kier alpha value is -3.35. The smallest absolute Gasteiger partial charge is 0.407 e. The van der Waals surface area contributed by atoms with Gasteiger partial charge in [-0.2, -0.15) is 0 Å². The highest BCUT2D eigenvalue weighted by atomic mass is 16.5. The lowest BCUT2D eigenvalue weighted by Crippen LogP contribution is -2.52. The van der Waals surface area contributed by atoms with E-state index in [0.29, 0.717) is 0 Å². The van der Waals surface area contributed by atoms with E-state index in [-0.39, 0.29) is 19.1 Å². The first-order chi connectivity index (χ1) is 14.2. The Morgan fingerprint density at radius 1 is 1.03 bits per heavy atom. The average molecular weight is 410 g/mol. The van der Waals surface area contributed by atoms with Crippen molar-refractivity contribution >= 4 is 18.0 Å². The van der Waals surface area contributed by atoms with E-state index >= 15 is 0 Å². The standard InChI is InChI=1S/C23H26N2O5/c1-14(20(26)25-23(2,3)21(27)28)12-24-22(29)30-13-19-17-10-6-4-8-15(17)16-9-5-7-11-18(16)19/h4-11,14,19H,12-13H2,1-3H3,(H,24,29)(H,25,26)(H,27,28). The Morgan fingerprint density at radius 3 is 2.10 bits per heavy atom. The van der Waals surface area contributed by atoms with E-state index in [2.05, 4.69) is 22.8 Å². The van der Waals surface area contributed by atoms with Gasteiger partial charge in [0, 0.05) is 12.5 Å². The monoisotopic (exact) mass is 410 g/mol. The molecule has 1 aliphatic carbocycles. The van der Waals surface area contributed by atoms with E-state index in [0.717, 1.165) is 22.3 Å². The number of aliphatic carboxylic acids is 1. The predicted molar refractivity (Wildman–Crippen MR) is 112 cm³/mol. The van der Waals surface area contributed by atoms with Crippen molar-refractivity contribution in [1.29, 1.82) is 0 Å². The number of alkyl carbamates (subject to hydrolysis) is 1. The van der Waals surface area contributed by atoms with Crippen molar-refractivity contribution in [3.05, 3.63) is 59.7 Å². The van der Waals surface area contributed by atoms with Crippen LogP contribution < -0.4 is 10.6 Å². The van der Waals surface area contributed by atoms with Crippen LogP contribution in [0.1, 0.15) is 37.8 Å². The molecule has 2 aromatic carbocycles. The lowest BCUT2D eigenvalue weighted by molar-refractivity contribution is -0.146. The molecule has 1 unspecified atom stereocenters. The zero-order chi connectivity index (χ0) is 21.9. The van der Waals surface area contributed by atoms with Gasteiger partial charge < -0.3 is 20.5 Å². The molecule has 0 aliphatic heterocycles. The summed E-state index contributed by atoms with van der Waals surface area (Å²) < 4.78 is 5.43. The van der Waals surface area contributed by atoms with Crippen molar-refractivity contribution in [3.8, 4) is 11.1 Å². The number of hydrogen-bond donors (Lipinski definition) is 3. The first kappa shape index (κ1) is 21.4. The molecule has 2 amide bonds. The fourth-order valence-electron chi connectivity index (χ4n) is 3.46. The second-order valence-corrected chi connectivity index (χ2v) is 8.03. The summed E-state index contributed by atoms with van der Waals surface area (Å²) in [5.74, 6) is -2.24. The van der Waals surface area contributed by atoms with Gasteiger partial charge >= 0.3 is 12.1 Å². The first-order valence-electron chi connectivity index (χ1n) is 9.85. The Morgan fingerprint density at radius 2 is 1.57 bits per heavy atom. The number of hydrogen-bond acceptors (Lipinski definition) is 4. The zero-order valence-electron chi connectivity index (χ0n) is 17.3. The van der Waals surface area contributed by atoms with E-state index in [4.69, 9.17) is 9.84 Å². The number of benzene rings is 2. The number of carbonyl (C=O) groups is 3. The van der Waals surface area contributed by atoms with Gasteiger partial charge in [-0.1, -0.05) is 55.5 Å². The van der Waals surface area contributed by atoms with Crippen LogP contribution in [0.4, 0.5) is 4.79 Å². The molecule has 7 heteroatoms. The topological polar surface area (TPSA) is 105 Å². The fraction of sp³-hybridized carbons (Fsp3) is 0.348. The maximum atomic E-state index is 12.2. The van der Waals surface area contributed by atoms with Crippen molar-refractivity contribution in [2.75, 3.05) is 13.2 Å². The van der Waals surface area contributed by atoms with Crippen LogP contribution in [-0.4, -0.2) is 41.8 Å². The molecule has 158 valence electrons. The summed E-state index contributed by atoms with van der Waals surface area (Å²) in [5, 5.41) is 14.1. The maximum absolute atomic E-state index is 12.2. The number of carbonyl (C=O) groups excluding carboxylic acids is 2. The number of carboxylic acids is 1. The van der Waals surface area contributed by atoms with E-state index in [1.54, 1.807) is 6.92 Å². The Kier molecular flexibility index (Phi) is 6.10. The van der Waals surface area contributed by atoms with Gasteiger partial charge in [0.05, 0.1) is 5.92 Å². The molecule has 0 bridgehead atoms. The van der Waals surface area contributed by atoms with Gasteiger partial charge in [0.25, 0.3) is 0 Å². The van der Waals surface area contributed by atoms with E-state index in [1.807, 2.05) is 36.4 Å². The largest absolute Gasteiger partial charge is 0.480 e. The zero-order valence-corrected chi connectivity index (χ0v) is 17.3. The Labute approximate surface area is 175 Å². The third kappa shape index (κ3) is 4.45. The number of nitrogens with one attached hydrogen (secondary N) is 2. The molecule has 0 radical (unpaired) electrons. The summed E-state index contributed by atoms with van der Waals surface area (Å²) in [6.45, 7) is 4.64. The van der Waals surface area contributed by atoms with Crippen LogP contribution in [0.2, 0.25) is 0 Å². The number of amides is 2. The van der Waals surface area contributed by atoms with E-state index in [1.165, 1.54) is 13.8 Å². The van der Waals surface area contributed by atoms with Gasteiger partial charge in [0.1, 0.15) is 12.1 Å². The summed E-state index contributed by atoms with van der Waals surface area (Å²) in [6.07, 6.45) is -0.617. The van der Waals surface area contributed by atoms with Crippen LogP contribution in [-0.2, 0) is 14.3 Å². The van der Waals surface area contributed by atoms with E-state index in [9.17, 15) is 14.4 Å². The van der Waals surface area contributed by atoms with Crippen LogP contribution >= 0.6 is 0 Å². The predicted octanol–water partition coefficient (Wildman–Crippen LogP) is 3.14. The van der Waals surface area contributed by atoms with Crippen LogP contribution in [0.25, 0.3) is 11.1 Å². The summed E-state index contributed by atoms with van der Waals surface area (Å²) in [6, 6.07) is 16.1. The van der Waals surface area contributed by atoms with Crippen molar-refractivity contribution in [1.82, 2.24) is 10.6 Å². The van der Waals surface area contributed by atoms with Crippen molar-refractivity contribution in [2.24, 2.45) is 5.92 Å². The molecule has 0 heterocycles. The van der Waals surface area contributed by atoms with Crippen LogP contribution in [0.15, 0.2) is 48.5 Å². The highest BCUT2D eigenvalue weighted by Gasteiger charge is 2.31. The summed E-state index contributed by atoms with van der Waals surface area (Å²) in [5.41, 5.74) is 3.15. The Balaban J connectivity index is 1.54. The number of fused-ring (bicyclic) bond motifs is 3. The lowest BCUT2D eigenvalue weighted by atomic mass is 9.98. The molecular weight excluding hydrogens is 384 g/mol. The van der Waals surface area contributed by atoms with Crippen molar-refractivity contribution in [3.63, 3.8) is 0 Å². The molecule has 30 heavy (non-hydrogen) atoms. The summed E-state index contributed by atoms with van der Waals surface area (Å²) >= 11 is 0. The third-order valence-corrected chi connectivity index (χ3v) is 5.31. The first-order valence-corrected chi connectivity index (χ1v) is 9.85. The second-order valence-electron chi connectivity index (χ2n) is 8.03. The Bertz CT molecular complexity index is 924. The summed E-state index contributed by atoms with van der Waals surface area (Å²) in [7, 11) is 0. The molecule has 1 aliphatic rings. The molecule has 0 fully saturated rings. The van der Waals surface area contributed by atoms with Gasteiger partial charge in [-0.15, -0.1) is 0 Å². The van der Waals surface area contributed by atoms with Crippen LogP contribution in [0.3, 0.4) is 0 Å². The van der Waals surface area contributed by atoms with Gasteiger partial charge in [-0.05, 0) is 36.1 Å². The van der Waals surface area contributed by atoms with Gasteiger partial charge in [0.15, 0.2) is 0 Å². The normalized spacial score (nSPS) is 13.7. The number of ether oxygens (including phenoxy) is 1. The van der Waals surface area contributed by atoms with Gasteiger partial charge in [0.2, 0.25) is 5.91 Å². The molecule has 3 rings (SSSR count). The average Bonchev–Trinajstić information content (AvgIpc) is 3.04. The quantitative estimate of drug-likeness (QED) is 0.650. The minimum atomic E-state index is -1.38. The van der Waals surface area contributed by atoms with E-state index < -0.39 is 29.4 Å². The lowest BCUT2D eigenvalue weighted by Gasteiger charge is -2.23. The van der Waals surface area contributed by atoms with Crippen molar-refractivity contribution < 1.29 is 24.2 Å². The molecule has 0 aromatic heterocycles. The minimum absolute atomic E-state index is 0.0399. The molecule has 3 N–H and O–H groups in total. The minimum Gasteiger partial charge on any atom is -0.480 e. The molecule has 0 saturated carbocycles. The molecule has 1 atom stereocenters. The van der Waals surface area contributed by atoms with Crippen LogP contribution in [0.5, 0.6) is 0 Å². The molecule has 2 aromatic rings. The van der Waals surface area contributed by atoms with Crippen molar-refractivity contribution in [2.45, 2.75) is 32.2 Å². The van der Waals surface area contributed by atoms with Crippen LogP contribution in [0, 0.1) is 5.92 Å². The SMILES string of the molecule is CC(CNC(=O)OCC1c2ccccc2-c2ccccc21)C(=O)NC(C)(C)C(=O)O. The summed E-state index contributed by atoms with van der Waals surface area (Å²) in [4.78, 5) is 35.5.